The molecule has 2 aromatic rings. The molecule has 10 nitrogen and oxygen atoms in total. The van der Waals surface area contributed by atoms with Gasteiger partial charge in [0, 0.05) is 18.1 Å². The predicted molar refractivity (Wildman–Crippen MR) is 119 cm³/mol. The molecule has 0 radical (unpaired) electrons. The van der Waals surface area contributed by atoms with Crippen LogP contribution in [0.15, 0.2) is 35.6 Å². The zero-order valence-corrected chi connectivity index (χ0v) is 17.6. The summed E-state index contributed by atoms with van der Waals surface area (Å²) in [7, 11) is 0. The monoisotopic (exact) mass is 432 g/mol. The summed E-state index contributed by atoms with van der Waals surface area (Å²) in [6.45, 7) is 1.72. The summed E-state index contributed by atoms with van der Waals surface area (Å²) in [6.07, 6.45) is 10.1. The Hall–Kier alpha value is -3.87. The van der Waals surface area contributed by atoms with E-state index in [4.69, 9.17) is 9.83 Å². The normalized spacial score (nSPS) is 26.1. The van der Waals surface area contributed by atoms with Crippen molar-refractivity contribution in [3.8, 4) is 17.5 Å². The maximum absolute atomic E-state index is 12.0. The number of hydrogen-bond acceptors (Lipinski definition) is 8. The Bertz CT molecular complexity index is 1110. The number of carbonyl (C=O) groups excluding carboxylic acids is 1. The first-order chi connectivity index (χ1) is 15.6. The number of nitrogens with zero attached hydrogens (tertiary/aromatic N) is 4. The molecule has 4 atom stereocenters. The Morgan fingerprint density at radius 3 is 2.97 bits per heavy atom. The second kappa shape index (κ2) is 8.34. The molecule has 5 rings (SSSR count). The lowest BCUT2D eigenvalue weighted by Crippen LogP contribution is -2.32. The number of rotatable bonds is 3. The van der Waals surface area contributed by atoms with Gasteiger partial charge in [-0.25, -0.2) is 14.8 Å². The van der Waals surface area contributed by atoms with Gasteiger partial charge in [-0.15, -0.1) is 0 Å². The van der Waals surface area contributed by atoms with E-state index >= 15 is 0 Å². The number of anilines is 3. The van der Waals surface area contributed by atoms with Crippen LogP contribution in [0.4, 0.5) is 17.2 Å². The van der Waals surface area contributed by atoms with Crippen LogP contribution in [0.1, 0.15) is 32.6 Å². The van der Waals surface area contributed by atoms with Crippen LogP contribution in [-0.4, -0.2) is 34.0 Å². The van der Waals surface area contributed by atoms with Crippen LogP contribution in [0.5, 0.6) is 0 Å². The third kappa shape index (κ3) is 3.77. The molecule has 3 aliphatic rings. The summed E-state index contributed by atoms with van der Waals surface area (Å²) in [5.74, 6) is 1.65. The molecule has 3 heterocycles. The number of pyridine rings is 2. The van der Waals surface area contributed by atoms with Crippen LogP contribution in [0, 0.1) is 23.3 Å². The molecule has 32 heavy (non-hydrogen) atoms. The highest BCUT2D eigenvalue weighted by Crippen LogP contribution is 2.46. The zero-order chi connectivity index (χ0) is 22.1. The van der Waals surface area contributed by atoms with Gasteiger partial charge in [-0.1, -0.05) is 6.42 Å². The third-order valence-electron chi connectivity index (χ3n) is 6.39. The van der Waals surface area contributed by atoms with E-state index in [1.165, 1.54) is 19.3 Å². The molecular weight excluding hydrogens is 408 g/mol. The molecule has 0 aromatic carbocycles. The lowest BCUT2D eigenvalue weighted by atomic mass is 9.96. The fraction of sp³-hybridized carbons (Fsp3) is 0.409. The topological polar surface area (TPSA) is 136 Å². The molecule has 2 saturated carbocycles. The number of aromatic nitrogens is 2. The first-order valence-corrected chi connectivity index (χ1v) is 10.8. The van der Waals surface area contributed by atoms with Gasteiger partial charge in [-0.3, -0.25) is 10.3 Å². The predicted octanol–water partition coefficient (Wildman–Crippen LogP) is 2.85. The van der Waals surface area contributed by atoms with E-state index in [9.17, 15) is 10.1 Å². The summed E-state index contributed by atoms with van der Waals surface area (Å²) in [6, 6.07) is 5.10. The Kier molecular flexibility index (Phi) is 5.23. The van der Waals surface area contributed by atoms with E-state index in [1.807, 2.05) is 12.3 Å². The lowest BCUT2D eigenvalue weighted by Gasteiger charge is -2.24. The molecule has 0 saturated heterocycles. The zero-order valence-electron chi connectivity index (χ0n) is 17.6. The summed E-state index contributed by atoms with van der Waals surface area (Å²) in [5.41, 5.74) is 5.21. The second-order valence-electron chi connectivity index (χ2n) is 8.45. The Balaban J connectivity index is 1.50. The van der Waals surface area contributed by atoms with Crippen molar-refractivity contribution in [3.05, 3.63) is 30.6 Å². The highest BCUT2D eigenvalue weighted by atomic mass is 16.7. The molecule has 2 fully saturated rings. The molecule has 0 amide bonds. The minimum Gasteiger partial charge on any atom is -0.372 e. The van der Waals surface area contributed by atoms with Crippen molar-refractivity contribution in [1.82, 2.24) is 15.3 Å². The Labute approximate surface area is 185 Å². The highest BCUT2D eigenvalue weighted by Gasteiger charge is 2.39. The Morgan fingerprint density at radius 1 is 1.28 bits per heavy atom. The first-order valence-electron chi connectivity index (χ1n) is 10.8. The van der Waals surface area contributed by atoms with Crippen molar-refractivity contribution in [2.75, 3.05) is 16.1 Å². The Morgan fingerprint density at radius 2 is 2.19 bits per heavy atom. The smallest absolute Gasteiger partial charge is 0.353 e. The van der Waals surface area contributed by atoms with E-state index in [0.29, 0.717) is 40.3 Å². The van der Waals surface area contributed by atoms with Gasteiger partial charge in [0.15, 0.2) is 12.0 Å². The van der Waals surface area contributed by atoms with Gasteiger partial charge < -0.3 is 15.5 Å². The van der Waals surface area contributed by atoms with Gasteiger partial charge in [0.2, 0.25) is 5.96 Å². The summed E-state index contributed by atoms with van der Waals surface area (Å²) in [4.78, 5) is 30.9. The number of guanidine groups is 1. The molecule has 4 N–H and O–H groups in total. The molecule has 1 aliphatic heterocycles. The van der Waals surface area contributed by atoms with Gasteiger partial charge >= 0.3 is 5.97 Å². The fourth-order valence-corrected chi connectivity index (χ4v) is 4.90. The SMILES string of the molecule is C[C@@H]1Nc2ccnc(c2-c2ncccc2NC(=NC2CC3CCC2C3)NC#N)NOC1=O. The van der Waals surface area contributed by atoms with Crippen LogP contribution >= 0.6 is 0 Å². The maximum Gasteiger partial charge on any atom is 0.353 e. The second-order valence-corrected chi connectivity index (χ2v) is 8.45. The minimum absolute atomic E-state index is 0.218. The van der Waals surface area contributed by atoms with Gasteiger partial charge in [0.1, 0.15) is 6.04 Å². The average molecular weight is 432 g/mol. The van der Waals surface area contributed by atoms with E-state index in [2.05, 4.69) is 31.4 Å². The fourth-order valence-electron chi connectivity index (χ4n) is 4.90. The summed E-state index contributed by atoms with van der Waals surface area (Å²) < 4.78 is 0. The van der Waals surface area contributed by atoms with E-state index in [-0.39, 0.29) is 6.04 Å². The van der Waals surface area contributed by atoms with Crippen LogP contribution in [0.3, 0.4) is 0 Å². The lowest BCUT2D eigenvalue weighted by molar-refractivity contribution is -0.141. The summed E-state index contributed by atoms with van der Waals surface area (Å²) >= 11 is 0. The number of aliphatic imine (C=N–C) groups is 1. The molecule has 2 aromatic heterocycles. The molecule has 164 valence electrons. The van der Waals surface area contributed by atoms with E-state index < -0.39 is 12.0 Å². The van der Waals surface area contributed by atoms with Crippen molar-refractivity contribution >= 4 is 29.1 Å². The molecule has 0 spiro atoms. The third-order valence-corrected chi connectivity index (χ3v) is 6.39. The van der Waals surface area contributed by atoms with Crippen molar-refractivity contribution in [2.24, 2.45) is 16.8 Å². The largest absolute Gasteiger partial charge is 0.372 e. The van der Waals surface area contributed by atoms with Crippen LogP contribution < -0.4 is 21.4 Å². The quantitative estimate of drug-likeness (QED) is 0.250. The van der Waals surface area contributed by atoms with Crippen LogP contribution in [0.2, 0.25) is 0 Å². The molecule has 10 heteroatoms. The van der Waals surface area contributed by atoms with Gasteiger partial charge in [0.05, 0.1) is 23.0 Å². The van der Waals surface area contributed by atoms with Crippen molar-refractivity contribution in [3.63, 3.8) is 0 Å². The van der Waals surface area contributed by atoms with E-state index in [1.54, 1.807) is 31.5 Å². The van der Waals surface area contributed by atoms with Gasteiger partial charge in [-0.2, -0.15) is 10.7 Å². The first kappa shape index (κ1) is 20.1. The van der Waals surface area contributed by atoms with Crippen molar-refractivity contribution in [2.45, 2.75) is 44.7 Å². The molecule has 4 bridgehead atoms. The van der Waals surface area contributed by atoms with Crippen LogP contribution in [-0.2, 0) is 9.63 Å². The van der Waals surface area contributed by atoms with Gasteiger partial charge in [-0.05, 0) is 56.2 Å². The summed E-state index contributed by atoms with van der Waals surface area (Å²) in [5, 5.41) is 18.4. The van der Waals surface area contributed by atoms with Crippen LogP contribution in [0.25, 0.3) is 11.3 Å². The molecule has 2 aliphatic carbocycles. The molecule has 3 unspecified atom stereocenters. The van der Waals surface area contributed by atoms with Crippen molar-refractivity contribution in [1.29, 1.82) is 5.26 Å². The minimum atomic E-state index is -0.563. The standard InChI is InChI=1S/C22H24N8O2/c1-12-21(31)32-30-20-18(15(27-12)6-8-25-20)19-16(3-2-7-24-19)28-22(26-11-23)29-17-10-13-4-5-14(17)9-13/h2-3,6-8,12-14,17,27H,4-5,9-10H2,1H3,(H,25,30)(H2,26,28,29)/t12-,13?,14?,17?/m0/s1. The van der Waals surface area contributed by atoms with Crippen molar-refractivity contribution < 1.29 is 9.63 Å². The number of nitrogens with one attached hydrogen (secondary N) is 4. The number of hydrogen-bond donors (Lipinski definition) is 4. The average Bonchev–Trinajstić information content (AvgIpc) is 3.41. The number of nitriles is 1. The molecular formula is C22H24N8O2. The number of carbonyl (C=O) groups is 1. The number of fused-ring (bicyclic) bond motifs is 4. The van der Waals surface area contributed by atoms with E-state index in [0.717, 1.165) is 12.3 Å². The highest BCUT2D eigenvalue weighted by molar-refractivity contribution is 6.01. The van der Waals surface area contributed by atoms with Gasteiger partial charge in [0.25, 0.3) is 0 Å². The maximum atomic E-state index is 12.0.